The third-order valence-corrected chi connectivity index (χ3v) is 3.28. The van der Waals surface area contributed by atoms with Crippen LogP contribution in [0.3, 0.4) is 0 Å². The summed E-state index contributed by atoms with van der Waals surface area (Å²) in [6, 6.07) is 7.95. The van der Waals surface area contributed by atoms with Crippen LogP contribution in [0.25, 0.3) is 0 Å². The molecule has 3 heteroatoms. The van der Waals surface area contributed by atoms with E-state index in [1.54, 1.807) is 6.92 Å². The molecule has 1 aromatic rings. The number of carbonyl (C=O) groups excluding carboxylic acids is 1. The van der Waals surface area contributed by atoms with Crippen LogP contribution < -0.4 is 10.1 Å². The van der Waals surface area contributed by atoms with Crippen molar-refractivity contribution < 1.29 is 9.53 Å². The van der Waals surface area contributed by atoms with E-state index in [-0.39, 0.29) is 5.78 Å². The molecule has 0 saturated heterocycles. The first-order valence-corrected chi connectivity index (χ1v) is 6.43. The van der Waals surface area contributed by atoms with Crippen molar-refractivity contribution in [1.82, 2.24) is 5.32 Å². The lowest BCUT2D eigenvalue weighted by Crippen LogP contribution is -2.48. The Morgan fingerprint density at radius 2 is 1.94 bits per heavy atom. The first-order valence-electron chi connectivity index (χ1n) is 6.43. The Morgan fingerprint density at radius 3 is 2.39 bits per heavy atom. The summed E-state index contributed by atoms with van der Waals surface area (Å²) in [6.07, 6.45) is 1.69. The van der Waals surface area contributed by atoms with Crippen molar-refractivity contribution >= 4 is 5.78 Å². The van der Waals surface area contributed by atoms with E-state index in [2.05, 4.69) is 12.2 Å². The predicted octanol–water partition coefficient (Wildman–Crippen LogP) is 2.59. The monoisotopic (exact) mass is 249 g/mol. The topological polar surface area (TPSA) is 38.3 Å². The first kappa shape index (κ1) is 14.7. The van der Waals surface area contributed by atoms with Gasteiger partial charge in [-0.2, -0.15) is 0 Å². The van der Waals surface area contributed by atoms with E-state index in [4.69, 9.17) is 4.74 Å². The number of nitrogens with one attached hydrogen (secondary N) is 1. The van der Waals surface area contributed by atoms with Crippen molar-refractivity contribution in [3.63, 3.8) is 0 Å². The van der Waals surface area contributed by atoms with Crippen LogP contribution in [0.5, 0.6) is 5.75 Å². The zero-order valence-electron chi connectivity index (χ0n) is 11.7. The van der Waals surface area contributed by atoms with Crippen LogP contribution in [0, 0.1) is 0 Å². The van der Waals surface area contributed by atoms with E-state index < -0.39 is 5.54 Å². The summed E-state index contributed by atoms with van der Waals surface area (Å²) >= 11 is 0. The largest absolute Gasteiger partial charge is 0.494 e. The standard InChI is InChI=1S/C15H23NO2/c1-5-10-18-14-8-6-13(7-9-14)11-15(3,16-4)12(2)17/h6-9,16H,5,10-11H2,1-4H3/t15-/m1/s1. The van der Waals surface area contributed by atoms with Gasteiger partial charge in [-0.1, -0.05) is 19.1 Å². The van der Waals surface area contributed by atoms with Gasteiger partial charge in [0.15, 0.2) is 0 Å². The number of rotatable bonds is 7. The molecular formula is C15H23NO2. The lowest BCUT2D eigenvalue weighted by Gasteiger charge is -2.26. The van der Waals surface area contributed by atoms with Gasteiger partial charge < -0.3 is 10.1 Å². The molecular weight excluding hydrogens is 226 g/mol. The molecule has 1 rings (SSSR count). The molecule has 0 aliphatic carbocycles. The number of ketones is 1. The van der Waals surface area contributed by atoms with Gasteiger partial charge in [-0.15, -0.1) is 0 Å². The van der Waals surface area contributed by atoms with Crippen molar-refractivity contribution in [3.8, 4) is 5.75 Å². The molecule has 0 unspecified atom stereocenters. The highest BCUT2D eigenvalue weighted by atomic mass is 16.5. The van der Waals surface area contributed by atoms with Gasteiger partial charge in [-0.25, -0.2) is 0 Å². The van der Waals surface area contributed by atoms with E-state index in [0.717, 1.165) is 24.3 Å². The minimum Gasteiger partial charge on any atom is -0.494 e. The second kappa shape index (κ2) is 6.55. The Morgan fingerprint density at radius 1 is 1.33 bits per heavy atom. The van der Waals surface area contributed by atoms with Gasteiger partial charge in [0.05, 0.1) is 12.1 Å². The summed E-state index contributed by atoms with van der Waals surface area (Å²) in [4.78, 5) is 11.6. The third kappa shape index (κ3) is 3.84. The Labute approximate surface area is 110 Å². The summed E-state index contributed by atoms with van der Waals surface area (Å²) in [5.41, 5.74) is 0.636. The van der Waals surface area contributed by atoms with E-state index >= 15 is 0 Å². The van der Waals surface area contributed by atoms with Gasteiger partial charge in [0.2, 0.25) is 0 Å². The highest BCUT2D eigenvalue weighted by Gasteiger charge is 2.27. The zero-order valence-corrected chi connectivity index (χ0v) is 11.7. The van der Waals surface area contributed by atoms with Crippen molar-refractivity contribution in [2.45, 2.75) is 39.2 Å². The molecule has 0 amide bonds. The highest BCUT2D eigenvalue weighted by molar-refractivity contribution is 5.85. The number of carbonyl (C=O) groups is 1. The van der Waals surface area contributed by atoms with Crippen LogP contribution in [0.15, 0.2) is 24.3 Å². The molecule has 1 N–H and O–H groups in total. The van der Waals surface area contributed by atoms with E-state index in [1.165, 1.54) is 0 Å². The fraction of sp³-hybridized carbons (Fsp3) is 0.533. The fourth-order valence-electron chi connectivity index (χ4n) is 1.72. The van der Waals surface area contributed by atoms with E-state index in [9.17, 15) is 4.79 Å². The molecule has 0 spiro atoms. The van der Waals surface area contributed by atoms with Crippen LogP contribution in [-0.2, 0) is 11.2 Å². The van der Waals surface area contributed by atoms with Gasteiger partial charge in [0, 0.05) is 0 Å². The van der Waals surface area contributed by atoms with Crippen LogP contribution in [0.1, 0.15) is 32.8 Å². The molecule has 0 fully saturated rings. The molecule has 0 aliphatic rings. The normalized spacial score (nSPS) is 14.0. The molecule has 3 nitrogen and oxygen atoms in total. The molecule has 0 aromatic heterocycles. The highest BCUT2D eigenvalue weighted by Crippen LogP contribution is 2.18. The number of Topliss-reactive ketones (excluding diaryl/α,β-unsaturated/α-hetero) is 1. The number of ether oxygens (including phenoxy) is 1. The minimum absolute atomic E-state index is 0.149. The van der Waals surface area contributed by atoms with Crippen LogP contribution in [0.4, 0.5) is 0 Å². The molecule has 1 aromatic carbocycles. The molecule has 18 heavy (non-hydrogen) atoms. The van der Waals surface area contributed by atoms with Crippen molar-refractivity contribution in [2.24, 2.45) is 0 Å². The Bertz CT molecular complexity index is 386. The summed E-state index contributed by atoms with van der Waals surface area (Å²) in [6.45, 7) is 6.37. The number of benzene rings is 1. The Balaban J connectivity index is 2.71. The second-order valence-corrected chi connectivity index (χ2v) is 4.81. The first-order chi connectivity index (χ1) is 8.51. The SMILES string of the molecule is CCCOc1ccc(C[C@@](C)(NC)C(C)=O)cc1. The Kier molecular flexibility index (Phi) is 5.35. The second-order valence-electron chi connectivity index (χ2n) is 4.81. The molecule has 1 atom stereocenters. The molecule has 0 bridgehead atoms. The number of hydrogen-bond acceptors (Lipinski definition) is 3. The summed E-state index contributed by atoms with van der Waals surface area (Å²) in [5.74, 6) is 1.03. The summed E-state index contributed by atoms with van der Waals surface area (Å²) in [7, 11) is 1.82. The average Bonchev–Trinajstić information content (AvgIpc) is 2.37. The van der Waals surface area contributed by atoms with Gasteiger partial charge >= 0.3 is 0 Å². The fourth-order valence-corrected chi connectivity index (χ4v) is 1.72. The maximum absolute atomic E-state index is 11.6. The number of hydrogen-bond donors (Lipinski definition) is 1. The molecule has 0 radical (unpaired) electrons. The van der Waals surface area contributed by atoms with Crippen LogP contribution in [0.2, 0.25) is 0 Å². The molecule has 100 valence electrons. The van der Waals surface area contributed by atoms with E-state index in [0.29, 0.717) is 6.42 Å². The smallest absolute Gasteiger partial charge is 0.149 e. The molecule has 0 aliphatic heterocycles. The maximum Gasteiger partial charge on any atom is 0.149 e. The predicted molar refractivity (Wildman–Crippen MR) is 74.1 cm³/mol. The third-order valence-electron chi connectivity index (χ3n) is 3.28. The van der Waals surface area contributed by atoms with Crippen LogP contribution in [-0.4, -0.2) is 25.0 Å². The van der Waals surface area contributed by atoms with Crippen molar-refractivity contribution in [2.75, 3.05) is 13.7 Å². The molecule has 0 saturated carbocycles. The van der Waals surface area contributed by atoms with Gasteiger partial charge in [-0.3, -0.25) is 4.79 Å². The number of likely N-dealkylation sites (N-methyl/N-ethyl adjacent to an activating group) is 1. The van der Waals surface area contributed by atoms with Gasteiger partial charge in [0.1, 0.15) is 11.5 Å². The quantitative estimate of drug-likeness (QED) is 0.807. The van der Waals surface area contributed by atoms with Crippen molar-refractivity contribution in [1.29, 1.82) is 0 Å². The van der Waals surface area contributed by atoms with Gasteiger partial charge in [0.25, 0.3) is 0 Å². The summed E-state index contributed by atoms with van der Waals surface area (Å²) in [5, 5.41) is 3.09. The average molecular weight is 249 g/mol. The molecule has 0 heterocycles. The lowest BCUT2D eigenvalue weighted by molar-refractivity contribution is -0.122. The van der Waals surface area contributed by atoms with Crippen LogP contribution >= 0.6 is 0 Å². The Hall–Kier alpha value is -1.35. The van der Waals surface area contributed by atoms with E-state index in [1.807, 2.05) is 38.2 Å². The summed E-state index contributed by atoms with van der Waals surface area (Å²) < 4.78 is 5.53. The van der Waals surface area contributed by atoms with Crippen molar-refractivity contribution in [3.05, 3.63) is 29.8 Å². The zero-order chi connectivity index (χ0) is 13.6. The van der Waals surface area contributed by atoms with Gasteiger partial charge in [-0.05, 0) is 51.4 Å². The lowest BCUT2D eigenvalue weighted by atomic mass is 9.89. The minimum atomic E-state index is -0.494. The maximum atomic E-state index is 11.6.